The van der Waals surface area contributed by atoms with Crippen molar-refractivity contribution in [2.45, 2.75) is 0 Å². The number of hydrogen-bond donors (Lipinski definition) is 4. The molecular formula is C5H5NO6. The fraction of sp³-hybridized carbons (Fsp3) is 0. The molecule has 0 heterocycles. The average molecular weight is 175 g/mol. The molecule has 0 radical (unpaired) electrons. The first-order valence-electron chi connectivity index (χ1n) is 2.61. The summed E-state index contributed by atoms with van der Waals surface area (Å²) in [5.74, 6) is -3.10. The Morgan fingerprint density at radius 3 is 1.92 bits per heavy atom. The van der Waals surface area contributed by atoms with Crippen LogP contribution in [0.1, 0.15) is 0 Å². The van der Waals surface area contributed by atoms with Gasteiger partial charge in [0.2, 0.25) is 0 Å². The molecule has 0 aromatic carbocycles. The molecular weight excluding hydrogens is 170 g/mol. The van der Waals surface area contributed by atoms with E-state index in [1.807, 2.05) is 0 Å². The zero-order valence-corrected chi connectivity index (χ0v) is 5.64. The zero-order chi connectivity index (χ0) is 9.72. The van der Waals surface area contributed by atoms with Crippen LogP contribution in [0.15, 0.2) is 11.8 Å². The number of aliphatic carboxylic acids is 1. The van der Waals surface area contributed by atoms with E-state index in [4.69, 9.17) is 15.3 Å². The van der Waals surface area contributed by atoms with Crippen LogP contribution in [0.2, 0.25) is 0 Å². The molecule has 4 N–H and O–H groups in total. The van der Waals surface area contributed by atoms with Crippen molar-refractivity contribution >= 4 is 18.0 Å². The first-order valence-corrected chi connectivity index (χ1v) is 2.61. The molecule has 0 saturated carbocycles. The standard InChI is InChI=1S/C5H5NO6/c7-1-2(4(9)10)3(8)6-5(11)12/h1,7H,(H,6,8)(H,9,10)(H,11,12)/b2-1+. The molecule has 0 aromatic heterocycles. The number of amides is 2. The van der Waals surface area contributed by atoms with Crippen molar-refractivity contribution in [3.8, 4) is 0 Å². The highest BCUT2D eigenvalue weighted by Gasteiger charge is 2.18. The lowest BCUT2D eigenvalue weighted by molar-refractivity contribution is -0.134. The van der Waals surface area contributed by atoms with Gasteiger partial charge in [0.25, 0.3) is 5.91 Å². The zero-order valence-electron chi connectivity index (χ0n) is 5.64. The van der Waals surface area contributed by atoms with Gasteiger partial charge in [-0.15, -0.1) is 0 Å². The number of carboxylic acid groups (broad SMARTS) is 2. The number of carbonyl (C=O) groups is 3. The smallest absolute Gasteiger partial charge is 0.411 e. The van der Waals surface area contributed by atoms with Crippen LogP contribution < -0.4 is 5.32 Å². The van der Waals surface area contributed by atoms with Crippen molar-refractivity contribution in [3.05, 3.63) is 11.8 Å². The summed E-state index contributed by atoms with van der Waals surface area (Å²) < 4.78 is 0. The molecule has 0 rings (SSSR count). The molecule has 0 aliphatic rings. The number of aliphatic hydroxyl groups is 1. The first kappa shape index (κ1) is 9.95. The predicted octanol–water partition coefficient (Wildman–Crippen LogP) is -0.693. The number of hydrogen-bond acceptors (Lipinski definition) is 4. The van der Waals surface area contributed by atoms with Crippen LogP contribution in [0.25, 0.3) is 0 Å². The van der Waals surface area contributed by atoms with E-state index in [1.54, 1.807) is 0 Å². The van der Waals surface area contributed by atoms with Gasteiger partial charge in [0.1, 0.15) is 0 Å². The third kappa shape index (κ3) is 2.69. The van der Waals surface area contributed by atoms with Gasteiger partial charge in [-0.2, -0.15) is 0 Å². The molecule has 7 nitrogen and oxygen atoms in total. The van der Waals surface area contributed by atoms with Crippen LogP contribution in [0, 0.1) is 0 Å². The summed E-state index contributed by atoms with van der Waals surface area (Å²) in [6, 6.07) is 0. The average Bonchev–Trinajstić information content (AvgIpc) is 1.85. The van der Waals surface area contributed by atoms with E-state index in [-0.39, 0.29) is 6.26 Å². The van der Waals surface area contributed by atoms with E-state index in [2.05, 4.69) is 0 Å². The summed E-state index contributed by atoms with van der Waals surface area (Å²) in [6.07, 6.45) is -1.68. The summed E-state index contributed by atoms with van der Waals surface area (Å²) in [6.45, 7) is 0. The topological polar surface area (TPSA) is 124 Å². The molecule has 7 heteroatoms. The van der Waals surface area contributed by atoms with Gasteiger partial charge in [0, 0.05) is 0 Å². The van der Waals surface area contributed by atoms with E-state index in [9.17, 15) is 14.4 Å². The minimum absolute atomic E-state index is 0.0145. The van der Waals surface area contributed by atoms with Crippen LogP contribution in [0.3, 0.4) is 0 Å². The van der Waals surface area contributed by atoms with Gasteiger partial charge in [0.05, 0.1) is 6.26 Å². The fourth-order valence-corrected chi connectivity index (χ4v) is 0.375. The largest absolute Gasteiger partial charge is 0.514 e. The number of nitrogens with one attached hydrogen (secondary N) is 1. The van der Waals surface area contributed by atoms with Gasteiger partial charge in [0.15, 0.2) is 5.57 Å². The van der Waals surface area contributed by atoms with Crippen molar-refractivity contribution in [1.82, 2.24) is 5.32 Å². The van der Waals surface area contributed by atoms with Crippen molar-refractivity contribution in [2.75, 3.05) is 0 Å². The SMILES string of the molecule is O=C(O)NC(=O)/C(=C\O)C(=O)O. The van der Waals surface area contributed by atoms with Crippen LogP contribution in [0.5, 0.6) is 0 Å². The molecule has 0 fully saturated rings. The Bertz CT molecular complexity index is 255. The lowest BCUT2D eigenvalue weighted by Crippen LogP contribution is -2.32. The van der Waals surface area contributed by atoms with Crippen molar-refractivity contribution in [1.29, 1.82) is 0 Å². The highest BCUT2D eigenvalue weighted by atomic mass is 16.4. The van der Waals surface area contributed by atoms with Gasteiger partial charge < -0.3 is 15.3 Å². The van der Waals surface area contributed by atoms with Crippen LogP contribution in [0.4, 0.5) is 4.79 Å². The molecule has 0 saturated heterocycles. The first-order chi connectivity index (χ1) is 5.49. The molecule has 0 bridgehead atoms. The molecule has 0 aliphatic heterocycles. The lowest BCUT2D eigenvalue weighted by atomic mass is 10.3. The molecule has 0 unspecified atom stereocenters. The highest BCUT2D eigenvalue weighted by Crippen LogP contribution is 1.92. The lowest BCUT2D eigenvalue weighted by Gasteiger charge is -1.97. The Hall–Kier alpha value is -2.05. The van der Waals surface area contributed by atoms with E-state index >= 15 is 0 Å². The highest BCUT2D eigenvalue weighted by molar-refractivity contribution is 6.18. The molecule has 0 aromatic rings. The molecule has 66 valence electrons. The van der Waals surface area contributed by atoms with E-state index in [0.29, 0.717) is 0 Å². The monoisotopic (exact) mass is 175 g/mol. The second kappa shape index (κ2) is 3.96. The molecule has 2 amide bonds. The maximum Gasteiger partial charge on any atom is 0.411 e. The van der Waals surface area contributed by atoms with Crippen LogP contribution in [-0.4, -0.2) is 33.3 Å². The second-order valence-corrected chi connectivity index (χ2v) is 1.61. The van der Waals surface area contributed by atoms with Gasteiger partial charge in [-0.1, -0.05) is 0 Å². The quantitative estimate of drug-likeness (QED) is 0.190. The molecule has 12 heavy (non-hydrogen) atoms. The maximum atomic E-state index is 10.5. The van der Waals surface area contributed by atoms with Gasteiger partial charge in [-0.25, -0.2) is 9.59 Å². The summed E-state index contributed by atoms with van der Waals surface area (Å²) >= 11 is 0. The Morgan fingerprint density at radius 1 is 1.17 bits per heavy atom. The second-order valence-electron chi connectivity index (χ2n) is 1.61. The Balaban J connectivity index is 4.46. The number of aliphatic hydroxyl groups excluding tert-OH is 1. The van der Waals surface area contributed by atoms with E-state index in [1.165, 1.54) is 5.32 Å². The van der Waals surface area contributed by atoms with E-state index < -0.39 is 23.5 Å². The Kier molecular flexibility index (Phi) is 3.28. The van der Waals surface area contributed by atoms with Gasteiger partial charge in [-0.05, 0) is 0 Å². The van der Waals surface area contributed by atoms with Crippen molar-refractivity contribution in [3.63, 3.8) is 0 Å². The number of carbonyl (C=O) groups excluding carboxylic acids is 1. The maximum absolute atomic E-state index is 10.5. The van der Waals surface area contributed by atoms with Gasteiger partial charge in [-0.3, -0.25) is 10.1 Å². The third-order valence-corrected chi connectivity index (χ3v) is 0.825. The molecule has 0 atom stereocenters. The van der Waals surface area contributed by atoms with Crippen LogP contribution in [-0.2, 0) is 9.59 Å². The Labute approximate surface area is 65.9 Å². The Morgan fingerprint density at radius 2 is 1.67 bits per heavy atom. The number of rotatable bonds is 2. The van der Waals surface area contributed by atoms with Crippen LogP contribution >= 0.6 is 0 Å². The fourth-order valence-electron chi connectivity index (χ4n) is 0.375. The summed E-state index contributed by atoms with van der Waals surface area (Å²) in [5, 5.41) is 25.6. The van der Waals surface area contributed by atoms with Crippen molar-refractivity contribution in [2.24, 2.45) is 0 Å². The predicted molar refractivity (Wildman–Crippen MR) is 34.5 cm³/mol. The van der Waals surface area contributed by atoms with Crippen molar-refractivity contribution < 1.29 is 29.7 Å². The third-order valence-electron chi connectivity index (χ3n) is 0.825. The summed E-state index contributed by atoms with van der Waals surface area (Å²) in [4.78, 5) is 30.4. The summed E-state index contributed by atoms with van der Waals surface area (Å²) in [7, 11) is 0. The normalized spacial score (nSPS) is 10.5. The van der Waals surface area contributed by atoms with Gasteiger partial charge >= 0.3 is 12.1 Å². The summed E-state index contributed by atoms with van der Waals surface area (Å²) in [5.41, 5.74) is -1.04. The van der Waals surface area contributed by atoms with E-state index in [0.717, 1.165) is 0 Å². The minimum Gasteiger partial charge on any atom is -0.514 e. The number of imide groups is 1. The number of carboxylic acids is 1. The molecule has 0 spiro atoms. The molecule has 0 aliphatic carbocycles. The minimum atomic E-state index is -1.71.